The van der Waals surface area contributed by atoms with Gasteiger partial charge in [-0.3, -0.25) is 37.3 Å². The molecule has 0 aliphatic heterocycles. The van der Waals surface area contributed by atoms with E-state index in [1.807, 2.05) is 0 Å². The molecule has 0 aromatic rings. The van der Waals surface area contributed by atoms with Crippen LogP contribution in [0.5, 0.6) is 0 Å². The SMILES string of the molecule is CC(C)CCCCCCCCCCCCCCC(=O)OC[C@H](COP(=O)(O)OCC(O)COP(=O)(O)OC[C@@H](COC(=O)CCCCCCCCCC(C)C)OC(=O)CCCCCCCCC(C)C)OC(=O)CCCCCCCCC(C)C. The lowest BCUT2D eigenvalue weighted by Gasteiger charge is -2.21. The largest absolute Gasteiger partial charge is 0.472 e. The second kappa shape index (κ2) is 54.2. The molecule has 0 heterocycles. The smallest absolute Gasteiger partial charge is 0.462 e. The number of aliphatic hydroxyl groups excluding tert-OH is 1. The molecule has 0 bridgehead atoms. The summed E-state index contributed by atoms with van der Waals surface area (Å²) in [6, 6.07) is 0. The highest BCUT2D eigenvalue weighted by Gasteiger charge is 2.30. The molecular formula is C64H124O17P2. The van der Waals surface area contributed by atoms with Crippen molar-refractivity contribution in [3.63, 3.8) is 0 Å². The van der Waals surface area contributed by atoms with Crippen LogP contribution in [0.2, 0.25) is 0 Å². The fraction of sp³-hybridized carbons (Fsp3) is 0.938. The molecule has 0 saturated carbocycles. The summed E-state index contributed by atoms with van der Waals surface area (Å²) in [5.41, 5.74) is 0. The first-order chi connectivity index (χ1) is 39.6. The summed E-state index contributed by atoms with van der Waals surface area (Å²) < 4.78 is 67.9. The first-order valence-corrected chi connectivity index (χ1v) is 36.2. The predicted molar refractivity (Wildman–Crippen MR) is 331 cm³/mol. The van der Waals surface area contributed by atoms with Crippen molar-refractivity contribution < 1.29 is 80.2 Å². The van der Waals surface area contributed by atoms with Crippen LogP contribution < -0.4 is 0 Å². The van der Waals surface area contributed by atoms with Crippen molar-refractivity contribution in [1.29, 1.82) is 0 Å². The van der Waals surface area contributed by atoms with Gasteiger partial charge < -0.3 is 33.8 Å². The molecule has 0 saturated heterocycles. The number of phosphoric acid groups is 2. The van der Waals surface area contributed by atoms with Crippen molar-refractivity contribution in [1.82, 2.24) is 0 Å². The van der Waals surface area contributed by atoms with E-state index >= 15 is 0 Å². The number of rotatable bonds is 61. The summed E-state index contributed by atoms with van der Waals surface area (Å²) in [5, 5.41) is 10.5. The number of ether oxygens (including phenoxy) is 4. The number of esters is 4. The average molecular weight is 1230 g/mol. The Morgan fingerprint density at radius 3 is 0.747 bits per heavy atom. The van der Waals surface area contributed by atoms with Gasteiger partial charge in [0.1, 0.15) is 19.3 Å². The molecular weight excluding hydrogens is 1100 g/mol. The van der Waals surface area contributed by atoms with E-state index in [1.54, 1.807) is 0 Å². The van der Waals surface area contributed by atoms with E-state index in [-0.39, 0.29) is 25.7 Å². The average Bonchev–Trinajstić information content (AvgIpc) is 3.42. The van der Waals surface area contributed by atoms with Gasteiger partial charge in [0.05, 0.1) is 26.4 Å². The first-order valence-electron chi connectivity index (χ1n) is 33.2. The summed E-state index contributed by atoms with van der Waals surface area (Å²) in [7, 11) is -9.89. The maximum atomic E-state index is 13.0. The number of phosphoric ester groups is 2. The summed E-state index contributed by atoms with van der Waals surface area (Å²) in [6.07, 6.45) is 33.9. The van der Waals surface area contributed by atoms with E-state index in [9.17, 15) is 43.2 Å². The van der Waals surface area contributed by atoms with Crippen LogP contribution in [0.15, 0.2) is 0 Å². The maximum Gasteiger partial charge on any atom is 0.472 e. The highest BCUT2D eigenvalue weighted by molar-refractivity contribution is 7.47. The van der Waals surface area contributed by atoms with Gasteiger partial charge in [0.15, 0.2) is 12.2 Å². The summed E-state index contributed by atoms with van der Waals surface area (Å²) in [4.78, 5) is 72.1. The Hall–Kier alpha value is -1.94. The molecule has 0 spiro atoms. The van der Waals surface area contributed by atoms with Crippen LogP contribution in [-0.2, 0) is 65.4 Å². The van der Waals surface area contributed by atoms with E-state index in [0.29, 0.717) is 43.4 Å². The van der Waals surface area contributed by atoms with Crippen LogP contribution in [-0.4, -0.2) is 96.7 Å². The Bertz CT molecular complexity index is 1660. The number of hydrogen-bond donors (Lipinski definition) is 3. The Balaban J connectivity index is 5.19. The van der Waals surface area contributed by atoms with Gasteiger partial charge in [-0.05, 0) is 49.4 Å². The van der Waals surface area contributed by atoms with Gasteiger partial charge in [0.2, 0.25) is 0 Å². The normalized spacial score (nSPS) is 14.4. The van der Waals surface area contributed by atoms with Crippen LogP contribution in [0.25, 0.3) is 0 Å². The zero-order valence-corrected chi connectivity index (χ0v) is 55.6. The number of carbonyl (C=O) groups excluding carboxylic acids is 4. The van der Waals surface area contributed by atoms with E-state index in [2.05, 4.69) is 55.4 Å². The molecule has 0 amide bonds. The lowest BCUT2D eigenvalue weighted by molar-refractivity contribution is -0.161. The third kappa shape index (κ3) is 58.8. The fourth-order valence-electron chi connectivity index (χ4n) is 9.43. The maximum absolute atomic E-state index is 13.0. The third-order valence-corrected chi connectivity index (χ3v) is 16.5. The van der Waals surface area contributed by atoms with Crippen LogP contribution >= 0.6 is 15.6 Å². The zero-order chi connectivity index (χ0) is 61.8. The molecule has 0 radical (unpaired) electrons. The number of carbonyl (C=O) groups is 4. The fourth-order valence-corrected chi connectivity index (χ4v) is 11.0. The van der Waals surface area contributed by atoms with Crippen LogP contribution in [0.4, 0.5) is 0 Å². The van der Waals surface area contributed by atoms with Gasteiger partial charge >= 0.3 is 39.5 Å². The van der Waals surface area contributed by atoms with Crippen molar-refractivity contribution >= 4 is 39.5 Å². The first kappa shape index (κ1) is 81.1. The number of aliphatic hydroxyl groups is 1. The third-order valence-electron chi connectivity index (χ3n) is 14.6. The lowest BCUT2D eigenvalue weighted by atomic mass is 10.0. The Morgan fingerprint density at radius 2 is 0.506 bits per heavy atom. The molecule has 17 nitrogen and oxygen atoms in total. The zero-order valence-electron chi connectivity index (χ0n) is 53.8. The van der Waals surface area contributed by atoms with Crippen LogP contribution in [0.3, 0.4) is 0 Å². The molecule has 3 N–H and O–H groups in total. The van der Waals surface area contributed by atoms with E-state index in [4.69, 9.17) is 37.0 Å². The van der Waals surface area contributed by atoms with Crippen molar-refractivity contribution in [3.05, 3.63) is 0 Å². The van der Waals surface area contributed by atoms with Crippen LogP contribution in [0, 0.1) is 23.7 Å². The molecule has 5 atom stereocenters. The van der Waals surface area contributed by atoms with E-state index in [0.717, 1.165) is 102 Å². The molecule has 19 heteroatoms. The highest BCUT2D eigenvalue weighted by Crippen LogP contribution is 2.45. The molecule has 0 aliphatic rings. The topological polar surface area (TPSA) is 237 Å². The van der Waals surface area contributed by atoms with E-state index < -0.39 is 97.5 Å². The van der Waals surface area contributed by atoms with Crippen molar-refractivity contribution in [2.24, 2.45) is 23.7 Å². The van der Waals surface area contributed by atoms with Crippen LogP contribution in [0.1, 0.15) is 306 Å². The van der Waals surface area contributed by atoms with Crippen molar-refractivity contribution in [2.75, 3.05) is 39.6 Å². The highest BCUT2D eigenvalue weighted by atomic mass is 31.2. The van der Waals surface area contributed by atoms with Gasteiger partial charge in [0, 0.05) is 25.7 Å². The summed E-state index contributed by atoms with van der Waals surface area (Å²) in [6.45, 7) is 13.9. The van der Waals surface area contributed by atoms with Crippen molar-refractivity contribution in [2.45, 2.75) is 324 Å². The summed E-state index contributed by atoms with van der Waals surface area (Å²) >= 11 is 0. The lowest BCUT2D eigenvalue weighted by Crippen LogP contribution is -2.30. The Labute approximate surface area is 505 Å². The van der Waals surface area contributed by atoms with Gasteiger partial charge in [0.25, 0.3) is 0 Å². The monoisotopic (exact) mass is 1230 g/mol. The molecule has 0 aromatic carbocycles. The Morgan fingerprint density at radius 1 is 0.301 bits per heavy atom. The molecule has 0 aromatic heterocycles. The standard InChI is InChI=1S/C64H124O17P2/c1-54(2)40-32-24-16-13-11-9-10-12-14-18-28-36-44-61(66)74-50-59(80-63(68)46-38-30-22-20-26-34-42-56(5)6)52-78-82(70,71)76-48-58(65)49-77-83(72,73)79-53-60(81-64(69)47-39-31-23-21-27-35-43-57(7)8)51-75-62(67)45-37-29-19-15-17-25-33-41-55(3)4/h54-60,65H,9-53H2,1-8H3,(H,70,71)(H,72,73)/t58?,59-,60-/m1/s1. The van der Waals surface area contributed by atoms with Gasteiger partial charge in [-0.1, -0.05) is 254 Å². The van der Waals surface area contributed by atoms with Crippen molar-refractivity contribution in [3.8, 4) is 0 Å². The molecule has 0 aliphatic carbocycles. The number of unbranched alkanes of at least 4 members (excludes halogenated alkanes) is 27. The molecule has 492 valence electrons. The molecule has 0 fully saturated rings. The minimum atomic E-state index is -4.94. The van der Waals surface area contributed by atoms with Gasteiger partial charge in [-0.25, -0.2) is 9.13 Å². The quantitative estimate of drug-likeness (QED) is 0.0222. The second-order valence-corrected chi connectivity index (χ2v) is 28.0. The van der Waals surface area contributed by atoms with Gasteiger partial charge in [-0.15, -0.1) is 0 Å². The minimum absolute atomic E-state index is 0.101. The molecule has 0 rings (SSSR count). The predicted octanol–water partition coefficient (Wildman–Crippen LogP) is 17.4. The van der Waals surface area contributed by atoms with Gasteiger partial charge in [-0.2, -0.15) is 0 Å². The second-order valence-electron chi connectivity index (χ2n) is 25.1. The minimum Gasteiger partial charge on any atom is -0.462 e. The number of hydrogen-bond acceptors (Lipinski definition) is 15. The molecule has 3 unspecified atom stereocenters. The summed E-state index contributed by atoms with van der Waals surface area (Å²) in [5.74, 6) is 0.679. The van der Waals surface area contributed by atoms with E-state index in [1.165, 1.54) is 103 Å². The molecule has 83 heavy (non-hydrogen) atoms. The Kier molecular flexibility index (Phi) is 53.0.